The van der Waals surface area contributed by atoms with Gasteiger partial charge in [-0.25, -0.2) is 8.42 Å². The maximum atomic E-state index is 12.6. The van der Waals surface area contributed by atoms with Crippen LogP contribution in [0, 0.1) is 5.92 Å². The Morgan fingerprint density at radius 2 is 1.62 bits per heavy atom. The summed E-state index contributed by atoms with van der Waals surface area (Å²) in [5, 5.41) is 0. The molecule has 0 unspecified atom stereocenters. The van der Waals surface area contributed by atoms with Crippen LogP contribution in [-0.2, 0) is 19.6 Å². The standard InChI is InChI=1S/C18H25N3O4S/c22-15-19-10-12-20(13-11-19)18(23)14-16-6-8-21(9-7-16)26(24,25)17-4-2-1-3-5-17/h1-5,15-16H,6-14H2. The molecule has 2 fully saturated rings. The van der Waals surface area contributed by atoms with Gasteiger partial charge in [0.25, 0.3) is 0 Å². The molecule has 0 spiro atoms. The third kappa shape index (κ3) is 4.24. The second kappa shape index (κ2) is 8.18. The first-order chi connectivity index (χ1) is 12.5. The van der Waals surface area contributed by atoms with Gasteiger partial charge in [0, 0.05) is 45.7 Å². The fourth-order valence-corrected chi connectivity index (χ4v) is 5.04. The Bertz CT molecular complexity index is 722. The van der Waals surface area contributed by atoms with Crippen molar-refractivity contribution in [2.24, 2.45) is 5.92 Å². The minimum atomic E-state index is -3.44. The van der Waals surface area contributed by atoms with Gasteiger partial charge in [-0.1, -0.05) is 18.2 Å². The average molecular weight is 379 g/mol. The van der Waals surface area contributed by atoms with Crippen LogP contribution in [-0.4, -0.2) is 74.1 Å². The lowest BCUT2D eigenvalue weighted by Crippen LogP contribution is -2.48. The van der Waals surface area contributed by atoms with Crippen LogP contribution in [0.2, 0.25) is 0 Å². The molecular formula is C18H25N3O4S. The van der Waals surface area contributed by atoms with Crippen LogP contribution in [0.1, 0.15) is 19.3 Å². The highest BCUT2D eigenvalue weighted by atomic mass is 32.2. The van der Waals surface area contributed by atoms with E-state index in [0.29, 0.717) is 63.4 Å². The Kier molecular flexibility index (Phi) is 5.93. The molecule has 1 aromatic carbocycles. The molecule has 2 heterocycles. The van der Waals surface area contributed by atoms with Gasteiger partial charge in [-0.05, 0) is 30.9 Å². The largest absolute Gasteiger partial charge is 0.342 e. The molecule has 0 saturated carbocycles. The van der Waals surface area contributed by atoms with Gasteiger partial charge in [0.15, 0.2) is 0 Å². The van der Waals surface area contributed by atoms with E-state index in [-0.39, 0.29) is 11.8 Å². The van der Waals surface area contributed by atoms with E-state index in [2.05, 4.69) is 0 Å². The van der Waals surface area contributed by atoms with Gasteiger partial charge in [0.05, 0.1) is 4.90 Å². The molecule has 2 aliphatic rings. The number of nitrogens with zero attached hydrogens (tertiary/aromatic N) is 3. The maximum Gasteiger partial charge on any atom is 0.243 e. The highest BCUT2D eigenvalue weighted by molar-refractivity contribution is 7.89. The van der Waals surface area contributed by atoms with Crippen LogP contribution in [0.15, 0.2) is 35.2 Å². The normalized spacial score (nSPS) is 20.2. The Labute approximate surface area is 154 Å². The fourth-order valence-electron chi connectivity index (χ4n) is 3.55. The fraction of sp³-hybridized carbons (Fsp3) is 0.556. The molecule has 0 atom stereocenters. The second-order valence-electron chi connectivity index (χ2n) is 6.89. The van der Waals surface area contributed by atoms with Crippen molar-refractivity contribution in [3.05, 3.63) is 30.3 Å². The number of amides is 2. The monoisotopic (exact) mass is 379 g/mol. The Hall–Kier alpha value is -1.93. The quantitative estimate of drug-likeness (QED) is 0.709. The van der Waals surface area contributed by atoms with E-state index in [1.807, 2.05) is 4.90 Å². The predicted molar refractivity (Wildman–Crippen MR) is 96.8 cm³/mol. The van der Waals surface area contributed by atoms with Gasteiger partial charge in [-0.15, -0.1) is 0 Å². The van der Waals surface area contributed by atoms with Crippen molar-refractivity contribution in [3.63, 3.8) is 0 Å². The zero-order valence-corrected chi connectivity index (χ0v) is 15.6. The predicted octanol–water partition coefficient (Wildman–Crippen LogP) is 0.778. The molecule has 8 heteroatoms. The lowest BCUT2D eigenvalue weighted by atomic mass is 9.94. The van der Waals surface area contributed by atoms with Gasteiger partial charge < -0.3 is 9.80 Å². The highest BCUT2D eigenvalue weighted by Crippen LogP contribution is 2.26. The third-order valence-electron chi connectivity index (χ3n) is 5.23. The first-order valence-corrected chi connectivity index (χ1v) is 10.5. The van der Waals surface area contributed by atoms with E-state index in [4.69, 9.17) is 0 Å². The number of hydrogen-bond donors (Lipinski definition) is 0. The average Bonchev–Trinajstić information content (AvgIpc) is 2.69. The Morgan fingerprint density at radius 3 is 2.19 bits per heavy atom. The van der Waals surface area contributed by atoms with E-state index in [1.165, 1.54) is 4.31 Å². The molecule has 0 radical (unpaired) electrons. The zero-order valence-electron chi connectivity index (χ0n) is 14.8. The number of hydrogen-bond acceptors (Lipinski definition) is 4. The van der Waals surface area contributed by atoms with Crippen molar-refractivity contribution in [3.8, 4) is 0 Å². The molecule has 7 nitrogen and oxygen atoms in total. The number of piperidine rings is 1. The van der Waals surface area contributed by atoms with E-state index >= 15 is 0 Å². The minimum Gasteiger partial charge on any atom is -0.342 e. The molecule has 3 rings (SSSR count). The first-order valence-electron chi connectivity index (χ1n) is 9.03. The molecular weight excluding hydrogens is 354 g/mol. The van der Waals surface area contributed by atoms with Crippen LogP contribution >= 0.6 is 0 Å². The van der Waals surface area contributed by atoms with Crippen molar-refractivity contribution in [1.29, 1.82) is 0 Å². The summed E-state index contributed by atoms with van der Waals surface area (Å²) < 4.78 is 26.8. The third-order valence-corrected chi connectivity index (χ3v) is 7.15. The zero-order chi connectivity index (χ0) is 18.6. The molecule has 142 valence electrons. The van der Waals surface area contributed by atoms with Gasteiger partial charge in [-0.3, -0.25) is 9.59 Å². The van der Waals surface area contributed by atoms with Crippen molar-refractivity contribution in [2.45, 2.75) is 24.2 Å². The van der Waals surface area contributed by atoms with Crippen molar-refractivity contribution >= 4 is 22.3 Å². The minimum absolute atomic E-state index is 0.111. The van der Waals surface area contributed by atoms with Gasteiger partial charge in [-0.2, -0.15) is 4.31 Å². The van der Waals surface area contributed by atoms with Gasteiger partial charge in [0.2, 0.25) is 22.3 Å². The van der Waals surface area contributed by atoms with Crippen LogP contribution in [0.4, 0.5) is 0 Å². The lowest BCUT2D eigenvalue weighted by molar-refractivity contribution is -0.136. The first kappa shape index (κ1) is 18.8. The number of benzene rings is 1. The molecule has 2 aliphatic heterocycles. The number of piperazine rings is 1. The maximum absolute atomic E-state index is 12.6. The Balaban J connectivity index is 1.50. The lowest BCUT2D eigenvalue weighted by Gasteiger charge is -2.35. The molecule has 0 aromatic heterocycles. The molecule has 2 amide bonds. The van der Waals surface area contributed by atoms with E-state index in [1.54, 1.807) is 35.2 Å². The summed E-state index contributed by atoms with van der Waals surface area (Å²) in [7, 11) is -3.44. The molecule has 26 heavy (non-hydrogen) atoms. The summed E-state index contributed by atoms with van der Waals surface area (Å²) in [5.74, 6) is 0.328. The summed E-state index contributed by atoms with van der Waals surface area (Å²) in [6.07, 6.45) is 2.68. The van der Waals surface area contributed by atoms with Crippen LogP contribution in [0.3, 0.4) is 0 Å². The number of carbonyl (C=O) groups excluding carboxylic acids is 2. The highest BCUT2D eigenvalue weighted by Gasteiger charge is 2.31. The second-order valence-corrected chi connectivity index (χ2v) is 8.82. The van der Waals surface area contributed by atoms with E-state index < -0.39 is 10.0 Å². The molecule has 0 aliphatic carbocycles. The molecule has 0 bridgehead atoms. The van der Waals surface area contributed by atoms with Crippen molar-refractivity contribution in [1.82, 2.24) is 14.1 Å². The summed E-state index contributed by atoms with van der Waals surface area (Å²) >= 11 is 0. The van der Waals surface area contributed by atoms with Crippen LogP contribution in [0.5, 0.6) is 0 Å². The topological polar surface area (TPSA) is 78.0 Å². The van der Waals surface area contributed by atoms with E-state index in [9.17, 15) is 18.0 Å². The summed E-state index contributed by atoms with van der Waals surface area (Å²) in [5.41, 5.74) is 0. The SMILES string of the molecule is O=CN1CCN(C(=O)CC2CCN(S(=O)(=O)c3ccccc3)CC2)CC1. The van der Waals surface area contributed by atoms with Crippen molar-refractivity contribution in [2.75, 3.05) is 39.3 Å². The van der Waals surface area contributed by atoms with Gasteiger partial charge in [0.1, 0.15) is 0 Å². The summed E-state index contributed by atoms with van der Waals surface area (Å²) in [6.45, 7) is 3.24. The summed E-state index contributed by atoms with van der Waals surface area (Å²) in [4.78, 5) is 27.0. The van der Waals surface area contributed by atoms with Crippen LogP contribution in [0.25, 0.3) is 0 Å². The molecule has 1 aromatic rings. The number of rotatable bonds is 5. The number of carbonyl (C=O) groups is 2. The number of sulfonamides is 1. The van der Waals surface area contributed by atoms with Crippen molar-refractivity contribution < 1.29 is 18.0 Å². The van der Waals surface area contributed by atoms with Gasteiger partial charge >= 0.3 is 0 Å². The van der Waals surface area contributed by atoms with Crippen LogP contribution < -0.4 is 0 Å². The smallest absolute Gasteiger partial charge is 0.243 e. The molecule has 0 N–H and O–H groups in total. The summed E-state index contributed by atoms with van der Waals surface area (Å²) in [6, 6.07) is 8.48. The van der Waals surface area contributed by atoms with E-state index in [0.717, 1.165) is 6.41 Å². The Morgan fingerprint density at radius 1 is 1.00 bits per heavy atom. The molecule has 2 saturated heterocycles.